The van der Waals surface area contributed by atoms with Crippen LogP contribution in [0.1, 0.15) is 18.9 Å². The Kier molecular flexibility index (Phi) is 4.47. The van der Waals surface area contributed by atoms with E-state index in [1.54, 1.807) is 13.0 Å². The number of benzene rings is 1. The zero-order valence-electron chi connectivity index (χ0n) is 8.04. The van der Waals surface area contributed by atoms with E-state index < -0.39 is 0 Å². The van der Waals surface area contributed by atoms with Gasteiger partial charge in [-0.15, -0.1) is 0 Å². The molecule has 1 aromatic rings. The highest BCUT2D eigenvalue weighted by Gasteiger charge is 2.07. The third-order valence-corrected chi connectivity index (χ3v) is 3.75. The van der Waals surface area contributed by atoms with Gasteiger partial charge in [0, 0.05) is 21.4 Å². The molecule has 0 spiro atoms. The third-order valence-electron chi connectivity index (χ3n) is 1.87. The van der Waals surface area contributed by atoms with Gasteiger partial charge in [-0.3, -0.25) is 10.1 Å². The number of allylic oxidation sites excluding steroid dienone is 1. The second-order valence-corrected chi connectivity index (χ2v) is 4.63. The number of nitrogens with zero attached hydrogens (tertiary/aromatic N) is 1. The van der Waals surface area contributed by atoms with Gasteiger partial charge in [-0.2, -0.15) is 0 Å². The SMILES string of the molecule is CC/C(=C/c1ccc(Br)c(Br)c1)[N+](=O)[O-]. The lowest BCUT2D eigenvalue weighted by atomic mass is 10.2. The summed E-state index contributed by atoms with van der Waals surface area (Å²) >= 11 is 6.69. The molecule has 0 atom stereocenters. The van der Waals surface area contributed by atoms with Crippen LogP contribution in [0.5, 0.6) is 0 Å². The molecule has 0 heterocycles. The molecule has 1 aromatic carbocycles. The first kappa shape index (κ1) is 12.4. The molecule has 3 nitrogen and oxygen atoms in total. The average molecular weight is 335 g/mol. The minimum atomic E-state index is -0.351. The molecular formula is C10H9Br2NO2. The van der Waals surface area contributed by atoms with Crippen molar-refractivity contribution in [3.05, 3.63) is 48.5 Å². The van der Waals surface area contributed by atoms with Gasteiger partial charge in [0.15, 0.2) is 0 Å². The largest absolute Gasteiger partial charge is 0.259 e. The number of nitro groups is 1. The molecule has 0 N–H and O–H groups in total. The van der Waals surface area contributed by atoms with E-state index in [1.165, 1.54) is 0 Å². The van der Waals surface area contributed by atoms with Crippen molar-refractivity contribution in [2.45, 2.75) is 13.3 Å². The zero-order valence-corrected chi connectivity index (χ0v) is 11.2. The molecule has 0 amide bonds. The van der Waals surface area contributed by atoms with Crippen molar-refractivity contribution in [3.63, 3.8) is 0 Å². The van der Waals surface area contributed by atoms with Crippen LogP contribution in [-0.4, -0.2) is 4.92 Å². The second kappa shape index (κ2) is 5.42. The first-order valence-corrected chi connectivity index (χ1v) is 5.93. The molecule has 0 aromatic heterocycles. The molecule has 0 aliphatic carbocycles. The van der Waals surface area contributed by atoms with Gasteiger partial charge in [-0.1, -0.05) is 13.0 Å². The molecule has 0 fully saturated rings. The fourth-order valence-electron chi connectivity index (χ4n) is 1.08. The van der Waals surface area contributed by atoms with E-state index in [9.17, 15) is 10.1 Å². The van der Waals surface area contributed by atoms with Crippen LogP contribution < -0.4 is 0 Å². The Labute approximate surface area is 105 Å². The van der Waals surface area contributed by atoms with Gasteiger partial charge in [0.2, 0.25) is 5.70 Å². The van der Waals surface area contributed by atoms with Gasteiger partial charge in [-0.05, 0) is 49.6 Å². The van der Waals surface area contributed by atoms with Crippen molar-refractivity contribution < 1.29 is 4.92 Å². The number of halogens is 2. The molecule has 80 valence electrons. The normalized spacial score (nSPS) is 11.5. The number of hydrogen-bond acceptors (Lipinski definition) is 2. The lowest BCUT2D eigenvalue weighted by Crippen LogP contribution is -1.96. The predicted molar refractivity (Wildman–Crippen MR) is 67.1 cm³/mol. The second-order valence-electron chi connectivity index (χ2n) is 2.92. The molecule has 1 rings (SSSR count). The Morgan fingerprint density at radius 2 is 2.13 bits per heavy atom. The Hall–Kier alpha value is -0.680. The van der Waals surface area contributed by atoms with Gasteiger partial charge in [-0.25, -0.2) is 0 Å². The summed E-state index contributed by atoms with van der Waals surface area (Å²) in [7, 11) is 0. The molecule has 0 radical (unpaired) electrons. The van der Waals surface area contributed by atoms with E-state index in [4.69, 9.17) is 0 Å². The lowest BCUT2D eigenvalue weighted by molar-refractivity contribution is -0.425. The van der Waals surface area contributed by atoms with Crippen molar-refractivity contribution >= 4 is 37.9 Å². The first-order chi connectivity index (χ1) is 7.04. The summed E-state index contributed by atoms with van der Waals surface area (Å²) in [5, 5.41) is 10.6. The maximum atomic E-state index is 10.6. The van der Waals surface area contributed by atoms with Gasteiger partial charge >= 0.3 is 0 Å². The van der Waals surface area contributed by atoms with Gasteiger partial charge in [0.25, 0.3) is 0 Å². The van der Waals surface area contributed by atoms with Crippen LogP contribution in [0.4, 0.5) is 0 Å². The van der Waals surface area contributed by atoms with Crippen LogP contribution in [0.3, 0.4) is 0 Å². The van der Waals surface area contributed by atoms with Crippen molar-refractivity contribution in [2.24, 2.45) is 0 Å². The summed E-state index contributed by atoms with van der Waals surface area (Å²) in [6.07, 6.45) is 2.00. The third kappa shape index (κ3) is 3.43. The molecule has 0 saturated carbocycles. The maximum Gasteiger partial charge on any atom is 0.246 e. The zero-order chi connectivity index (χ0) is 11.4. The van der Waals surface area contributed by atoms with E-state index >= 15 is 0 Å². The quantitative estimate of drug-likeness (QED) is 0.613. The van der Waals surface area contributed by atoms with Crippen molar-refractivity contribution in [1.82, 2.24) is 0 Å². The van der Waals surface area contributed by atoms with Crippen LogP contribution in [0.15, 0.2) is 32.8 Å². The number of hydrogen-bond donors (Lipinski definition) is 0. The summed E-state index contributed by atoms with van der Waals surface area (Å²) in [6.45, 7) is 1.77. The van der Waals surface area contributed by atoms with Crippen LogP contribution in [-0.2, 0) is 0 Å². The topological polar surface area (TPSA) is 43.1 Å². The van der Waals surface area contributed by atoms with E-state index in [0.717, 1.165) is 14.5 Å². The fraction of sp³-hybridized carbons (Fsp3) is 0.200. The predicted octanol–water partition coefficient (Wildman–Crippen LogP) is 4.24. The summed E-state index contributed by atoms with van der Waals surface area (Å²) in [6, 6.07) is 5.51. The van der Waals surface area contributed by atoms with Crippen LogP contribution >= 0.6 is 31.9 Å². The Morgan fingerprint density at radius 3 is 2.60 bits per heavy atom. The molecule has 0 aliphatic rings. The lowest BCUT2D eigenvalue weighted by Gasteiger charge is -1.99. The molecule has 0 aliphatic heterocycles. The van der Waals surface area contributed by atoms with Gasteiger partial charge in [0.05, 0.1) is 4.92 Å². The standard InChI is InChI=1S/C10H9Br2NO2/c1-2-8(13(14)15)5-7-3-4-9(11)10(12)6-7/h3-6H,2H2,1H3/b8-5-. The average Bonchev–Trinajstić information content (AvgIpc) is 2.19. The highest BCUT2D eigenvalue weighted by atomic mass is 79.9. The van der Waals surface area contributed by atoms with Crippen molar-refractivity contribution in [2.75, 3.05) is 0 Å². The smallest absolute Gasteiger partial charge is 0.246 e. The molecule has 0 saturated heterocycles. The van der Waals surface area contributed by atoms with Crippen LogP contribution in [0.2, 0.25) is 0 Å². The first-order valence-electron chi connectivity index (χ1n) is 4.34. The van der Waals surface area contributed by atoms with Crippen LogP contribution in [0, 0.1) is 10.1 Å². The Bertz CT molecular complexity index is 416. The number of rotatable bonds is 3. The molecule has 15 heavy (non-hydrogen) atoms. The highest BCUT2D eigenvalue weighted by Crippen LogP contribution is 2.25. The molecule has 0 bridgehead atoms. The van der Waals surface area contributed by atoms with Gasteiger partial charge < -0.3 is 0 Å². The molecule has 0 unspecified atom stereocenters. The van der Waals surface area contributed by atoms with E-state index in [1.807, 2.05) is 18.2 Å². The van der Waals surface area contributed by atoms with Crippen LogP contribution in [0.25, 0.3) is 6.08 Å². The minimum absolute atomic E-state index is 0.212. The fourth-order valence-corrected chi connectivity index (χ4v) is 1.72. The van der Waals surface area contributed by atoms with E-state index in [0.29, 0.717) is 6.42 Å². The van der Waals surface area contributed by atoms with Crippen molar-refractivity contribution in [3.8, 4) is 0 Å². The van der Waals surface area contributed by atoms with Gasteiger partial charge in [0.1, 0.15) is 0 Å². The van der Waals surface area contributed by atoms with E-state index in [-0.39, 0.29) is 10.6 Å². The molecule has 5 heteroatoms. The van der Waals surface area contributed by atoms with Crippen molar-refractivity contribution in [1.29, 1.82) is 0 Å². The van der Waals surface area contributed by atoms with E-state index in [2.05, 4.69) is 31.9 Å². The Balaban J connectivity index is 3.07. The summed E-state index contributed by atoms with van der Waals surface area (Å²) in [5.41, 5.74) is 1.03. The summed E-state index contributed by atoms with van der Waals surface area (Å²) in [4.78, 5) is 10.3. The highest BCUT2D eigenvalue weighted by molar-refractivity contribution is 9.13. The minimum Gasteiger partial charge on any atom is -0.259 e. The summed E-state index contributed by atoms with van der Waals surface area (Å²) in [5.74, 6) is 0. The maximum absolute atomic E-state index is 10.6. The molecular weight excluding hydrogens is 326 g/mol. The summed E-state index contributed by atoms with van der Waals surface area (Å²) < 4.78 is 1.81. The monoisotopic (exact) mass is 333 g/mol. The Morgan fingerprint density at radius 1 is 1.47 bits per heavy atom.